The summed E-state index contributed by atoms with van der Waals surface area (Å²) in [4.78, 5) is 45.5. The van der Waals surface area contributed by atoms with E-state index in [-0.39, 0.29) is 0 Å². The van der Waals surface area contributed by atoms with E-state index in [1.165, 1.54) is 11.3 Å². The lowest BCUT2D eigenvalue weighted by molar-refractivity contribution is -0.164. The molecule has 0 spiro atoms. The Morgan fingerprint density at radius 3 is 2.37 bits per heavy atom. The summed E-state index contributed by atoms with van der Waals surface area (Å²) in [6, 6.07) is 9.84. The Morgan fingerprint density at radius 2 is 1.77 bits per heavy atom. The van der Waals surface area contributed by atoms with Gasteiger partial charge in [-0.05, 0) is 59.1 Å². The van der Waals surface area contributed by atoms with Gasteiger partial charge in [-0.2, -0.15) is 0 Å². The van der Waals surface area contributed by atoms with Crippen LogP contribution in [-0.2, 0) is 28.0 Å². The number of aromatic nitrogens is 4. The van der Waals surface area contributed by atoms with Crippen LogP contribution in [0.4, 0.5) is 0 Å². The number of fused-ring (bicyclic) bond motifs is 1. The number of hydrogen-bond acceptors (Lipinski definition) is 6. The monoisotopic (exact) mass is 494 g/mol. The van der Waals surface area contributed by atoms with Crippen molar-refractivity contribution in [3.63, 3.8) is 0 Å². The number of rotatable bonds is 6. The summed E-state index contributed by atoms with van der Waals surface area (Å²) in [6.07, 6.45) is 5.72. The van der Waals surface area contributed by atoms with Crippen LogP contribution in [-0.4, -0.2) is 30.3 Å². The van der Waals surface area contributed by atoms with Crippen LogP contribution in [0.1, 0.15) is 45.7 Å². The Labute approximate surface area is 207 Å². The maximum absolute atomic E-state index is 13.9. The minimum Gasteiger partial charge on any atom is -0.458 e. The molecule has 0 unspecified atom stereocenters. The number of esters is 1. The molecule has 3 heterocycles. The van der Waals surface area contributed by atoms with Crippen LogP contribution in [0, 0.1) is 6.92 Å². The highest BCUT2D eigenvalue weighted by Gasteiger charge is 2.38. The molecule has 9 heteroatoms. The first-order chi connectivity index (χ1) is 16.4. The summed E-state index contributed by atoms with van der Waals surface area (Å²) < 4.78 is 10.1. The van der Waals surface area contributed by atoms with Crippen molar-refractivity contribution >= 4 is 27.5 Å². The zero-order valence-corrected chi connectivity index (χ0v) is 21.7. The Hall–Kier alpha value is -3.46. The molecule has 184 valence electrons. The largest absolute Gasteiger partial charge is 0.458 e. The summed E-state index contributed by atoms with van der Waals surface area (Å²) in [5.74, 6) is -0.638. The molecule has 4 aromatic rings. The third-order valence-corrected chi connectivity index (χ3v) is 7.18. The van der Waals surface area contributed by atoms with Crippen LogP contribution in [0.3, 0.4) is 0 Å². The third kappa shape index (κ3) is 4.60. The molecule has 3 aromatic heterocycles. The van der Waals surface area contributed by atoms with Crippen LogP contribution in [0.25, 0.3) is 15.2 Å². The molecule has 0 bridgehead atoms. The molecule has 0 N–H and O–H groups in total. The molecular weight excluding hydrogens is 464 g/mol. The zero-order valence-electron chi connectivity index (χ0n) is 20.9. The van der Waals surface area contributed by atoms with Gasteiger partial charge in [0.25, 0.3) is 5.56 Å². The van der Waals surface area contributed by atoms with E-state index in [9.17, 15) is 14.4 Å². The summed E-state index contributed by atoms with van der Waals surface area (Å²) in [6.45, 7) is 10.6. The van der Waals surface area contributed by atoms with Gasteiger partial charge in [-0.25, -0.2) is 19.1 Å². The Balaban J connectivity index is 1.96. The number of nitrogens with zero attached hydrogens (tertiary/aromatic N) is 4. The lowest BCUT2D eigenvalue weighted by atomic mass is 10.0. The van der Waals surface area contributed by atoms with E-state index >= 15 is 0 Å². The van der Waals surface area contributed by atoms with Gasteiger partial charge in [0, 0.05) is 18.9 Å². The molecule has 0 aliphatic heterocycles. The predicted molar refractivity (Wildman–Crippen MR) is 138 cm³/mol. The van der Waals surface area contributed by atoms with Crippen molar-refractivity contribution < 1.29 is 9.53 Å². The first-order valence-corrected chi connectivity index (χ1v) is 12.3. The summed E-state index contributed by atoms with van der Waals surface area (Å²) in [5.41, 5.74) is -1.51. The van der Waals surface area contributed by atoms with Gasteiger partial charge >= 0.3 is 11.7 Å². The van der Waals surface area contributed by atoms with Gasteiger partial charge in [0.05, 0.1) is 11.7 Å². The Kier molecular flexibility index (Phi) is 6.31. The normalized spacial score (nSPS) is 12.3. The van der Waals surface area contributed by atoms with Crippen molar-refractivity contribution in [1.82, 2.24) is 18.7 Å². The molecule has 0 aliphatic carbocycles. The van der Waals surface area contributed by atoms with E-state index < -0.39 is 28.4 Å². The van der Waals surface area contributed by atoms with Crippen molar-refractivity contribution in [2.45, 2.75) is 65.6 Å². The number of hydrogen-bond donors (Lipinski definition) is 0. The maximum Gasteiger partial charge on any atom is 0.333 e. The van der Waals surface area contributed by atoms with Crippen LogP contribution in [0.2, 0.25) is 0 Å². The number of carbonyl (C=O) groups is 1. The topological polar surface area (TPSA) is 88.1 Å². The highest BCUT2D eigenvalue weighted by molar-refractivity contribution is 7.21. The highest BCUT2D eigenvalue weighted by atomic mass is 32.1. The first-order valence-electron chi connectivity index (χ1n) is 11.5. The minimum absolute atomic E-state index is 0.355. The van der Waals surface area contributed by atoms with Crippen molar-refractivity contribution in [3.05, 3.63) is 81.0 Å². The average molecular weight is 495 g/mol. The van der Waals surface area contributed by atoms with Gasteiger partial charge < -0.3 is 4.74 Å². The molecule has 0 radical (unpaired) electrons. The fraction of sp³-hybridized carbons (Fsp3) is 0.385. The van der Waals surface area contributed by atoms with Gasteiger partial charge in [-0.3, -0.25) is 13.9 Å². The van der Waals surface area contributed by atoms with Crippen LogP contribution in [0.15, 0.2) is 58.6 Å². The third-order valence-electron chi connectivity index (χ3n) is 5.85. The SMILES string of the molecule is Cc1c(-n2ccnc2)sc2c1c(=O)n(C(C)(C)C(=O)OC(C)(C)C)c(=O)n2CCc1ccccc1. The molecule has 4 rings (SSSR count). The van der Waals surface area contributed by atoms with Crippen molar-refractivity contribution in [2.75, 3.05) is 0 Å². The lowest BCUT2D eigenvalue weighted by Crippen LogP contribution is -2.54. The number of imidazole rings is 1. The lowest BCUT2D eigenvalue weighted by Gasteiger charge is -2.30. The number of thiophene rings is 1. The predicted octanol–water partition coefficient (Wildman–Crippen LogP) is 4.04. The zero-order chi connectivity index (χ0) is 25.5. The number of benzene rings is 1. The molecule has 8 nitrogen and oxygen atoms in total. The van der Waals surface area contributed by atoms with E-state index in [4.69, 9.17) is 4.74 Å². The quantitative estimate of drug-likeness (QED) is 0.378. The smallest absolute Gasteiger partial charge is 0.333 e. The summed E-state index contributed by atoms with van der Waals surface area (Å²) >= 11 is 1.37. The molecule has 0 amide bonds. The second-order valence-corrected chi connectivity index (χ2v) is 11.0. The molecule has 0 atom stereocenters. The first kappa shape index (κ1) is 24.7. The van der Waals surface area contributed by atoms with E-state index in [1.807, 2.05) is 41.8 Å². The standard InChI is InChI=1S/C26H30N4O4S/c1-17-19-20(31)30(26(5,6)23(32)34-25(2,3)4)24(33)29(14-12-18-10-8-7-9-11-18)22(19)35-21(17)28-15-13-27-16-28/h7-11,13,15-16H,12,14H2,1-6H3. The summed E-state index contributed by atoms with van der Waals surface area (Å²) in [7, 11) is 0. The van der Waals surface area contributed by atoms with E-state index in [0.717, 1.165) is 20.7 Å². The van der Waals surface area contributed by atoms with Crippen molar-refractivity contribution in [3.8, 4) is 5.00 Å². The van der Waals surface area contributed by atoms with Gasteiger partial charge in [0.1, 0.15) is 21.0 Å². The Morgan fingerprint density at radius 1 is 1.09 bits per heavy atom. The van der Waals surface area contributed by atoms with E-state index in [0.29, 0.717) is 23.2 Å². The second kappa shape index (κ2) is 8.96. The van der Waals surface area contributed by atoms with Gasteiger partial charge in [0.15, 0.2) is 0 Å². The molecule has 0 saturated heterocycles. The van der Waals surface area contributed by atoms with E-state index in [2.05, 4.69) is 4.98 Å². The van der Waals surface area contributed by atoms with Gasteiger partial charge in [-0.15, -0.1) is 0 Å². The summed E-state index contributed by atoms with van der Waals surface area (Å²) in [5, 5.41) is 1.22. The van der Waals surface area contributed by atoms with Crippen LogP contribution in [0.5, 0.6) is 0 Å². The van der Waals surface area contributed by atoms with Crippen molar-refractivity contribution in [1.29, 1.82) is 0 Å². The fourth-order valence-corrected chi connectivity index (χ4v) is 5.30. The second-order valence-electron chi connectivity index (χ2n) is 10.1. The molecule has 0 aliphatic rings. The number of ether oxygens (including phenoxy) is 1. The maximum atomic E-state index is 13.9. The minimum atomic E-state index is -1.51. The van der Waals surface area contributed by atoms with E-state index in [1.54, 1.807) is 57.9 Å². The van der Waals surface area contributed by atoms with Crippen LogP contribution < -0.4 is 11.2 Å². The molecule has 0 fully saturated rings. The fourth-order valence-electron chi connectivity index (χ4n) is 4.03. The average Bonchev–Trinajstić information content (AvgIpc) is 3.41. The van der Waals surface area contributed by atoms with Gasteiger partial charge in [-0.1, -0.05) is 41.7 Å². The number of aryl methyl sites for hydroxylation is 3. The molecular formula is C26H30N4O4S. The molecule has 1 aromatic carbocycles. The van der Waals surface area contributed by atoms with Crippen LogP contribution >= 0.6 is 11.3 Å². The molecule has 35 heavy (non-hydrogen) atoms. The van der Waals surface area contributed by atoms with Crippen molar-refractivity contribution in [2.24, 2.45) is 0 Å². The number of carbonyl (C=O) groups excluding carboxylic acids is 1. The Bertz CT molecular complexity index is 1490. The molecule has 0 saturated carbocycles. The highest BCUT2D eigenvalue weighted by Crippen LogP contribution is 2.32. The van der Waals surface area contributed by atoms with Gasteiger partial charge in [0.2, 0.25) is 0 Å².